The Hall–Kier alpha value is -0.670. The molecule has 2 aliphatic carbocycles. The van der Waals surface area contributed by atoms with Crippen LogP contribution >= 0.6 is 23.2 Å². The second kappa shape index (κ2) is 4.21. The molecule has 2 fully saturated rings. The highest BCUT2D eigenvalue weighted by Crippen LogP contribution is 2.40. The quantitative estimate of drug-likeness (QED) is 0.913. The van der Waals surface area contributed by atoms with Gasteiger partial charge < -0.3 is 10.6 Å². The molecule has 17 heavy (non-hydrogen) atoms. The van der Waals surface area contributed by atoms with Crippen LogP contribution in [0.15, 0.2) is 6.07 Å². The number of nitrogens with two attached hydrogens (primary N) is 1. The van der Waals surface area contributed by atoms with Gasteiger partial charge in [-0.2, -0.15) is 0 Å². The minimum atomic E-state index is 0.368. The van der Waals surface area contributed by atoms with E-state index in [2.05, 4.69) is 9.88 Å². The van der Waals surface area contributed by atoms with E-state index in [4.69, 9.17) is 28.9 Å². The third-order valence-corrected chi connectivity index (χ3v) is 3.93. The molecule has 92 valence electrons. The molecule has 1 aromatic rings. The third kappa shape index (κ3) is 2.45. The Morgan fingerprint density at radius 3 is 2.53 bits per heavy atom. The molecule has 0 aliphatic heterocycles. The van der Waals surface area contributed by atoms with Crippen molar-refractivity contribution in [3.8, 4) is 0 Å². The number of nitrogen functional groups attached to an aromatic ring is 1. The van der Waals surface area contributed by atoms with E-state index in [1.54, 1.807) is 6.07 Å². The molecule has 5 heteroatoms. The van der Waals surface area contributed by atoms with Crippen molar-refractivity contribution in [3.63, 3.8) is 0 Å². The topological polar surface area (TPSA) is 42.1 Å². The van der Waals surface area contributed by atoms with E-state index < -0.39 is 0 Å². The maximum absolute atomic E-state index is 6.23. The summed E-state index contributed by atoms with van der Waals surface area (Å²) in [7, 11) is 0. The molecule has 0 radical (unpaired) electrons. The van der Waals surface area contributed by atoms with Crippen LogP contribution in [0.5, 0.6) is 0 Å². The molecule has 3 rings (SSSR count). The number of hydrogen-bond acceptors (Lipinski definition) is 3. The Balaban J connectivity index is 1.90. The fourth-order valence-electron chi connectivity index (χ4n) is 2.05. The van der Waals surface area contributed by atoms with E-state index in [0.29, 0.717) is 21.9 Å². The lowest BCUT2D eigenvalue weighted by Gasteiger charge is -2.24. The second-order valence-electron chi connectivity index (χ2n) is 4.99. The average molecular weight is 272 g/mol. The predicted molar refractivity (Wildman–Crippen MR) is 71.8 cm³/mol. The zero-order chi connectivity index (χ0) is 12.0. The van der Waals surface area contributed by atoms with Crippen LogP contribution in [0.1, 0.15) is 25.7 Å². The molecule has 0 unspecified atom stereocenters. The molecule has 0 aromatic carbocycles. The van der Waals surface area contributed by atoms with E-state index in [0.717, 1.165) is 18.3 Å². The zero-order valence-electron chi connectivity index (χ0n) is 9.50. The highest BCUT2D eigenvalue weighted by atomic mass is 35.5. The summed E-state index contributed by atoms with van der Waals surface area (Å²) < 4.78 is 0. The predicted octanol–water partition coefficient (Wildman–Crippen LogP) is 3.35. The van der Waals surface area contributed by atoms with Crippen LogP contribution in [0.3, 0.4) is 0 Å². The van der Waals surface area contributed by atoms with Gasteiger partial charge in [-0.15, -0.1) is 0 Å². The summed E-state index contributed by atoms with van der Waals surface area (Å²) in [6.07, 6.45) is 5.11. The van der Waals surface area contributed by atoms with Gasteiger partial charge in [0.2, 0.25) is 0 Å². The van der Waals surface area contributed by atoms with Gasteiger partial charge in [-0.05, 0) is 37.7 Å². The van der Waals surface area contributed by atoms with Crippen LogP contribution in [-0.2, 0) is 0 Å². The lowest BCUT2D eigenvalue weighted by atomic mass is 10.3. The summed E-state index contributed by atoms with van der Waals surface area (Å²) in [5, 5.41) is 1.04. The first-order valence-corrected chi connectivity index (χ1v) is 6.79. The van der Waals surface area contributed by atoms with Gasteiger partial charge in [0, 0.05) is 12.6 Å². The van der Waals surface area contributed by atoms with Crippen LogP contribution < -0.4 is 10.6 Å². The average Bonchev–Trinajstić information content (AvgIpc) is 3.14. The molecule has 0 amide bonds. The fourth-order valence-corrected chi connectivity index (χ4v) is 2.51. The molecule has 3 nitrogen and oxygen atoms in total. The molecule has 2 aliphatic rings. The van der Waals surface area contributed by atoms with Crippen LogP contribution in [0, 0.1) is 5.92 Å². The smallest absolute Gasteiger partial charge is 0.150 e. The highest BCUT2D eigenvalue weighted by Gasteiger charge is 2.35. The van der Waals surface area contributed by atoms with Crippen molar-refractivity contribution < 1.29 is 0 Å². The minimum absolute atomic E-state index is 0.368. The van der Waals surface area contributed by atoms with Crippen molar-refractivity contribution in [1.29, 1.82) is 0 Å². The van der Waals surface area contributed by atoms with E-state index in [9.17, 15) is 0 Å². The number of pyridine rings is 1. The summed E-state index contributed by atoms with van der Waals surface area (Å²) in [6.45, 7) is 1.05. The second-order valence-corrected chi connectivity index (χ2v) is 5.80. The van der Waals surface area contributed by atoms with Crippen LogP contribution in [-0.4, -0.2) is 17.6 Å². The molecule has 0 bridgehead atoms. The highest BCUT2D eigenvalue weighted by molar-refractivity contribution is 6.37. The molecule has 2 saturated carbocycles. The van der Waals surface area contributed by atoms with E-state index in [1.807, 2.05) is 0 Å². The van der Waals surface area contributed by atoms with Crippen molar-refractivity contribution in [3.05, 3.63) is 16.1 Å². The molecular formula is C12H15Cl2N3. The Bertz CT molecular complexity index is 442. The van der Waals surface area contributed by atoms with Gasteiger partial charge in [0.1, 0.15) is 11.6 Å². The number of halogens is 2. The lowest BCUT2D eigenvalue weighted by molar-refractivity contribution is 0.710. The molecule has 0 atom stereocenters. The Morgan fingerprint density at radius 2 is 1.94 bits per heavy atom. The standard InChI is InChI=1S/C12H15Cl2N3/c13-9-5-10(14)12(16-11(9)15)17(8-3-4-8)6-7-1-2-7/h5,7-8H,1-4,6H2,(H2,15,16). The molecule has 1 heterocycles. The molecule has 0 saturated heterocycles. The van der Waals surface area contributed by atoms with E-state index in [1.165, 1.54) is 25.7 Å². The fraction of sp³-hybridized carbons (Fsp3) is 0.583. The monoisotopic (exact) mass is 271 g/mol. The first kappa shape index (κ1) is 11.4. The van der Waals surface area contributed by atoms with E-state index >= 15 is 0 Å². The van der Waals surface area contributed by atoms with Gasteiger partial charge in [0.25, 0.3) is 0 Å². The van der Waals surface area contributed by atoms with Gasteiger partial charge in [-0.1, -0.05) is 23.2 Å². The number of hydrogen-bond donors (Lipinski definition) is 1. The Kier molecular flexibility index (Phi) is 2.83. The van der Waals surface area contributed by atoms with Gasteiger partial charge >= 0.3 is 0 Å². The van der Waals surface area contributed by atoms with Gasteiger partial charge in [-0.3, -0.25) is 0 Å². The summed E-state index contributed by atoms with van der Waals surface area (Å²) >= 11 is 12.1. The molecular weight excluding hydrogens is 257 g/mol. The molecule has 0 spiro atoms. The van der Waals surface area contributed by atoms with Crippen molar-refractivity contribution in [1.82, 2.24) is 4.98 Å². The van der Waals surface area contributed by atoms with E-state index in [-0.39, 0.29) is 0 Å². The lowest BCUT2D eigenvalue weighted by Crippen LogP contribution is -2.29. The number of anilines is 2. The first-order valence-electron chi connectivity index (χ1n) is 6.03. The van der Waals surface area contributed by atoms with Crippen LogP contribution in [0.4, 0.5) is 11.6 Å². The summed E-state index contributed by atoms with van der Waals surface area (Å²) in [4.78, 5) is 6.67. The van der Waals surface area contributed by atoms with Crippen molar-refractivity contribution in [2.75, 3.05) is 17.2 Å². The Morgan fingerprint density at radius 1 is 1.24 bits per heavy atom. The SMILES string of the molecule is Nc1nc(N(CC2CC2)C2CC2)c(Cl)cc1Cl. The van der Waals surface area contributed by atoms with Gasteiger partial charge in [0.15, 0.2) is 0 Å². The number of aromatic nitrogens is 1. The summed E-state index contributed by atoms with van der Waals surface area (Å²) in [6, 6.07) is 2.30. The number of nitrogens with zero attached hydrogens (tertiary/aromatic N) is 2. The largest absolute Gasteiger partial charge is 0.382 e. The molecule has 1 aromatic heterocycles. The number of rotatable bonds is 4. The van der Waals surface area contributed by atoms with Crippen molar-refractivity contribution in [2.45, 2.75) is 31.7 Å². The molecule has 2 N–H and O–H groups in total. The normalized spacial score (nSPS) is 19.4. The minimum Gasteiger partial charge on any atom is -0.382 e. The Labute approximate surface area is 111 Å². The van der Waals surface area contributed by atoms with Crippen molar-refractivity contribution in [2.24, 2.45) is 5.92 Å². The first-order chi connectivity index (χ1) is 8.15. The zero-order valence-corrected chi connectivity index (χ0v) is 11.0. The maximum atomic E-state index is 6.23. The van der Waals surface area contributed by atoms with Crippen LogP contribution in [0.25, 0.3) is 0 Å². The maximum Gasteiger partial charge on any atom is 0.150 e. The summed E-state index contributed by atoms with van der Waals surface area (Å²) in [5.41, 5.74) is 5.77. The van der Waals surface area contributed by atoms with Crippen LogP contribution in [0.2, 0.25) is 10.0 Å². The van der Waals surface area contributed by atoms with Gasteiger partial charge in [-0.25, -0.2) is 4.98 Å². The van der Waals surface area contributed by atoms with Gasteiger partial charge in [0.05, 0.1) is 10.0 Å². The van der Waals surface area contributed by atoms with Crippen molar-refractivity contribution >= 4 is 34.8 Å². The third-order valence-electron chi connectivity index (χ3n) is 3.35. The summed E-state index contributed by atoms with van der Waals surface area (Å²) in [5.74, 6) is 1.99.